The number of hydrazine groups is 1. The molecule has 2 fully saturated rings. The van der Waals surface area contributed by atoms with Crippen molar-refractivity contribution in [3.8, 4) is 17.6 Å². The molecule has 0 aromatic heterocycles. The van der Waals surface area contributed by atoms with Gasteiger partial charge in [0.2, 0.25) is 0 Å². The Hall–Kier alpha value is -2.19. The largest absolute Gasteiger partial charge is 0.508 e. The molecule has 6 heteroatoms. The Morgan fingerprint density at radius 1 is 1.18 bits per heavy atom. The second-order valence-electron chi connectivity index (χ2n) is 5.33. The minimum atomic E-state index is -1.06. The summed E-state index contributed by atoms with van der Waals surface area (Å²) in [6.45, 7) is 2.73. The molecule has 3 rings (SSSR count). The number of halogens is 1. The number of nitrogens with zero attached hydrogens (tertiary/aromatic N) is 2. The molecule has 2 heterocycles. The first kappa shape index (κ1) is 14.7. The van der Waals surface area contributed by atoms with Gasteiger partial charge in [0.1, 0.15) is 5.75 Å². The van der Waals surface area contributed by atoms with Crippen molar-refractivity contribution in [2.45, 2.75) is 25.7 Å². The molecule has 5 nitrogen and oxygen atoms in total. The number of rotatable bonds is 1. The summed E-state index contributed by atoms with van der Waals surface area (Å²) in [6.07, 6.45) is 1.74. The number of carbonyl (C=O) groups excluding carboxylic acids is 2. The van der Waals surface area contributed by atoms with Crippen molar-refractivity contribution in [3.63, 3.8) is 0 Å². The lowest BCUT2D eigenvalue weighted by molar-refractivity contribution is -0.150. The van der Waals surface area contributed by atoms with Crippen LogP contribution in [0.3, 0.4) is 0 Å². The minimum Gasteiger partial charge on any atom is -0.508 e. The lowest BCUT2D eigenvalue weighted by atomic mass is 9.96. The number of aromatic hydroxyl groups is 1. The van der Waals surface area contributed by atoms with Gasteiger partial charge in [-0.2, -0.15) is 0 Å². The molecule has 2 amide bonds. The van der Waals surface area contributed by atoms with Gasteiger partial charge >= 0.3 is 0 Å². The van der Waals surface area contributed by atoms with E-state index in [2.05, 4.69) is 11.8 Å². The number of carbonyl (C=O) groups is 2. The fraction of sp³-hybridized carbons (Fsp3) is 0.375. The Morgan fingerprint density at radius 3 is 2.27 bits per heavy atom. The van der Waals surface area contributed by atoms with E-state index in [0.717, 1.165) is 12.8 Å². The number of phenols is 1. The van der Waals surface area contributed by atoms with Crippen LogP contribution in [0.5, 0.6) is 5.75 Å². The average molecular weight is 319 g/mol. The topological polar surface area (TPSA) is 60.9 Å². The molecule has 0 atom stereocenters. The molecule has 2 saturated heterocycles. The van der Waals surface area contributed by atoms with Gasteiger partial charge in [0.15, 0.2) is 5.92 Å². The lowest BCUT2D eigenvalue weighted by Crippen LogP contribution is -2.45. The molecule has 0 spiro atoms. The monoisotopic (exact) mass is 318 g/mol. The van der Waals surface area contributed by atoms with Crippen molar-refractivity contribution in [3.05, 3.63) is 28.3 Å². The Balaban J connectivity index is 2.05. The standard InChI is InChI=1S/C16H15ClN2O3/c1-2-5-10-8-11(17)13(12(20)9-10)14-15(21)18-6-3-4-7-19(18)16(14)22/h8-9,14,20H,3-4,6-7H2,1H3. The van der Waals surface area contributed by atoms with Gasteiger partial charge < -0.3 is 5.11 Å². The van der Waals surface area contributed by atoms with Crippen molar-refractivity contribution >= 4 is 23.4 Å². The zero-order valence-electron chi connectivity index (χ0n) is 12.1. The molecule has 2 aliphatic rings. The molecule has 0 unspecified atom stereocenters. The Morgan fingerprint density at radius 2 is 1.77 bits per heavy atom. The van der Waals surface area contributed by atoms with E-state index >= 15 is 0 Å². The molecule has 114 valence electrons. The number of hydrogen-bond donors (Lipinski definition) is 1. The third-order valence-electron chi connectivity index (χ3n) is 3.95. The zero-order valence-corrected chi connectivity index (χ0v) is 12.9. The first-order valence-electron chi connectivity index (χ1n) is 7.12. The van der Waals surface area contributed by atoms with E-state index in [0.29, 0.717) is 18.7 Å². The van der Waals surface area contributed by atoms with Crippen molar-refractivity contribution in [2.24, 2.45) is 0 Å². The van der Waals surface area contributed by atoms with Gasteiger partial charge in [-0.25, -0.2) is 0 Å². The summed E-state index contributed by atoms with van der Waals surface area (Å²) in [7, 11) is 0. The Kier molecular flexibility index (Phi) is 3.71. The van der Waals surface area contributed by atoms with Crippen molar-refractivity contribution < 1.29 is 14.7 Å². The van der Waals surface area contributed by atoms with Gasteiger partial charge in [-0.1, -0.05) is 17.5 Å². The highest BCUT2D eigenvalue weighted by molar-refractivity contribution is 6.32. The number of hydrogen-bond acceptors (Lipinski definition) is 3. The summed E-state index contributed by atoms with van der Waals surface area (Å²) in [5.41, 5.74) is 0.720. The maximum absolute atomic E-state index is 12.5. The van der Waals surface area contributed by atoms with E-state index in [1.54, 1.807) is 13.0 Å². The fourth-order valence-corrected chi connectivity index (χ4v) is 3.30. The second kappa shape index (κ2) is 5.54. The van der Waals surface area contributed by atoms with Gasteiger partial charge in [-0.15, -0.1) is 5.92 Å². The first-order valence-corrected chi connectivity index (χ1v) is 7.50. The predicted molar refractivity (Wildman–Crippen MR) is 81.1 cm³/mol. The van der Waals surface area contributed by atoms with E-state index < -0.39 is 5.92 Å². The molecule has 2 aliphatic heterocycles. The summed E-state index contributed by atoms with van der Waals surface area (Å²) in [4.78, 5) is 25.1. The van der Waals surface area contributed by atoms with E-state index in [1.807, 2.05) is 0 Å². The normalized spacial score (nSPS) is 18.3. The lowest BCUT2D eigenvalue weighted by Gasteiger charge is -2.31. The van der Waals surface area contributed by atoms with Crippen LogP contribution in [0.25, 0.3) is 0 Å². The molecule has 1 aromatic carbocycles. The highest BCUT2D eigenvalue weighted by Gasteiger charge is 2.48. The number of phenolic OH excluding ortho intramolecular Hbond substituents is 1. The van der Waals surface area contributed by atoms with Crippen LogP contribution >= 0.6 is 11.6 Å². The summed E-state index contributed by atoms with van der Waals surface area (Å²) in [5, 5.41) is 13.3. The van der Waals surface area contributed by atoms with Crippen LogP contribution in [0, 0.1) is 11.8 Å². The molecule has 1 N–H and O–H groups in total. The van der Waals surface area contributed by atoms with Crippen LogP contribution in [0.2, 0.25) is 5.02 Å². The smallest absolute Gasteiger partial charge is 0.258 e. The Bertz CT molecular complexity index is 673. The van der Waals surface area contributed by atoms with Crippen LogP contribution < -0.4 is 0 Å². The maximum Gasteiger partial charge on any atom is 0.258 e. The molecular weight excluding hydrogens is 304 g/mol. The molecule has 0 radical (unpaired) electrons. The molecule has 0 saturated carbocycles. The molecule has 1 aromatic rings. The quantitative estimate of drug-likeness (QED) is 0.635. The summed E-state index contributed by atoms with van der Waals surface area (Å²) in [5.74, 6) is 3.63. The average Bonchev–Trinajstić information content (AvgIpc) is 2.73. The van der Waals surface area contributed by atoms with E-state index in [-0.39, 0.29) is 28.1 Å². The van der Waals surface area contributed by atoms with Crippen LogP contribution in [0.1, 0.15) is 36.8 Å². The molecule has 0 bridgehead atoms. The molecular formula is C16H15ClN2O3. The van der Waals surface area contributed by atoms with Crippen molar-refractivity contribution in [2.75, 3.05) is 13.1 Å². The van der Waals surface area contributed by atoms with Crippen molar-refractivity contribution in [1.29, 1.82) is 0 Å². The minimum absolute atomic E-state index is 0.169. The summed E-state index contributed by atoms with van der Waals surface area (Å²) >= 11 is 6.21. The predicted octanol–water partition coefficient (Wildman–Crippen LogP) is 1.88. The van der Waals surface area contributed by atoms with E-state index in [1.165, 1.54) is 16.1 Å². The number of benzene rings is 1. The summed E-state index contributed by atoms with van der Waals surface area (Å²) < 4.78 is 0. The highest BCUT2D eigenvalue weighted by Crippen LogP contribution is 2.40. The van der Waals surface area contributed by atoms with Crippen molar-refractivity contribution in [1.82, 2.24) is 10.0 Å². The molecule has 22 heavy (non-hydrogen) atoms. The fourth-order valence-electron chi connectivity index (χ4n) is 2.98. The van der Waals surface area contributed by atoms with Crippen LogP contribution in [0.15, 0.2) is 12.1 Å². The van der Waals surface area contributed by atoms with Crippen LogP contribution in [-0.4, -0.2) is 40.0 Å². The molecule has 0 aliphatic carbocycles. The van der Waals surface area contributed by atoms with Gasteiger partial charge in [0.05, 0.1) is 5.02 Å². The highest BCUT2D eigenvalue weighted by atomic mass is 35.5. The van der Waals surface area contributed by atoms with E-state index in [9.17, 15) is 14.7 Å². The third-order valence-corrected chi connectivity index (χ3v) is 4.26. The first-order chi connectivity index (χ1) is 10.5. The second-order valence-corrected chi connectivity index (χ2v) is 5.74. The third kappa shape index (κ3) is 2.20. The Labute approximate surface area is 133 Å². The maximum atomic E-state index is 12.5. The number of amides is 2. The SMILES string of the molecule is CC#Cc1cc(O)c(C2C(=O)N3CCCCN3C2=O)c(Cl)c1. The van der Waals surface area contributed by atoms with Gasteiger partial charge in [0, 0.05) is 24.2 Å². The van der Waals surface area contributed by atoms with Crippen LogP contribution in [-0.2, 0) is 9.59 Å². The van der Waals surface area contributed by atoms with Gasteiger partial charge in [-0.05, 0) is 31.9 Å². The number of fused-ring (bicyclic) bond motifs is 1. The summed E-state index contributed by atoms with van der Waals surface area (Å²) in [6, 6.07) is 3.01. The van der Waals surface area contributed by atoms with Gasteiger partial charge in [-0.3, -0.25) is 19.6 Å². The zero-order chi connectivity index (χ0) is 15.9. The van der Waals surface area contributed by atoms with Crippen LogP contribution in [0.4, 0.5) is 0 Å². The van der Waals surface area contributed by atoms with E-state index in [4.69, 9.17) is 11.6 Å². The van der Waals surface area contributed by atoms with Gasteiger partial charge in [0.25, 0.3) is 11.8 Å².